The van der Waals surface area contributed by atoms with Crippen LogP contribution >= 0.6 is 0 Å². The topological polar surface area (TPSA) is 92.4 Å². The lowest BCUT2D eigenvalue weighted by Gasteiger charge is -2.26. The minimum atomic E-state index is -0.306. The third-order valence-electron chi connectivity index (χ3n) is 2.58. The van der Waals surface area contributed by atoms with Crippen LogP contribution in [0, 0.1) is 0 Å². The quantitative estimate of drug-likeness (QED) is 0.523. The van der Waals surface area contributed by atoms with E-state index in [0.29, 0.717) is 5.69 Å². The molecule has 90 valence electrons. The summed E-state index contributed by atoms with van der Waals surface area (Å²) in [6, 6.07) is 3.48. The van der Waals surface area contributed by atoms with E-state index in [1.54, 1.807) is 24.5 Å². The standard InChI is InChI=1S/C11H15N5O/c12-10(14-9-5-2-6-13-7-9)16-11(17)15-8-3-1-4-8/h2,5-8H,1,3-4H2,(H4,12,14,15,16,17). The number of rotatable bonds is 2. The maximum Gasteiger partial charge on any atom is 0.321 e. The molecule has 1 aromatic rings. The molecule has 17 heavy (non-hydrogen) atoms. The molecule has 4 N–H and O–H groups in total. The van der Waals surface area contributed by atoms with Crippen molar-refractivity contribution in [2.24, 2.45) is 10.7 Å². The molecule has 1 fully saturated rings. The van der Waals surface area contributed by atoms with E-state index in [1.807, 2.05) is 0 Å². The van der Waals surface area contributed by atoms with Gasteiger partial charge in [-0.25, -0.2) is 9.79 Å². The van der Waals surface area contributed by atoms with Gasteiger partial charge in [0.2, 0.25) is 5.96 Å². The number of nitrogens with zero attached hydrogens (tertiary/aromatic N) is 2. The number of hydrogen-bond acceptors (Lipinski definition) is 3. The Morgan fingerprint density at radius 1 is 1.53 bits per heavy atom. The monoisotopic (exact) mass is 233 g/mol. The Hall–Kier alpha value is -2.11. The summed E-state index contributed by atoms with van der Waals surface area (Å²) in [5.74, 6) is 0.0647. The highest BCUT2D eigenvalue weighted by Gasteiger charge is 2.19. The summed E-state index contributed by atoms with van der Waals surface area (Å²) in [7, 11) is 0. The van der Waals surface area contributed by atoms with Gasteiger partial charge in [0, 0.05) is 12.2 Å². The summed E-state index contributed by atoms with van der Waals surface area (Å²) in [4.78, 5) is 19.4. The first-order valence-electron chi connectivity index (χ1n) is 5.56. The van der Waals surface area contributed by atoms with Crippen molar-refractivity contribution in [1.29, 1.82) is 0 Å². The maximum absolute atomic E-state index is 11.4. The number of nitrogens with one attached hydrogen (secondary N) is 2. The van der Waals surface area contributed by atoms with E-state index in [4.69, 9.17) is 5.73 Å². The molecule has 0 unspecified atom stereocenters. The van der Waals surface area contributed by atoms with Gasteiger partial charge in [-0.2, -0.15) is 0 Å². The Morgan fingerprint density at radius 2 is 2.35 bits per heavy atom. The van der Waals surface area contributed by atoms with Crippen molar-refractivity contribution in [3.05, 3.63) is 24.5 Å². The molecule has 1 saturated carbocycles. The van der Waals surface area contributed by atoms with Crippen molar-refractivity contribution in [3.63, 3.8) is 0 Å². The number of carbonyl (C=O) groups excluding carboxylic acids is 1. The van der Waals surface area contributed by atoms with E-state index in [0.717, 1.165) is 12.8 Å². The summed E-state index contributed by atoms with van der Waals surface area (Å²) >= 11 is 0. The number of guanidine groups is 1. The van der Waals surface area contributed by atoms with Crippen LogP contribution in [0.1, 0.15) is 19.3 Å². The fraction of sp³-hybridized carbons (Fsp3) is 0.364. The van der Waals surface area contributed by atoms with Gasteiger partial charge < -0.3 is 11.1 Å². The number of pyridine rings is 1. The number of aliphatic imine (C=N–C) groups is 1. The second kappa shape index (κ2) is 5.29. The molecule has 1 heterocycles. The highest BCUT2D eigenvalue weighted by Crippen LogP contribution is 2.17. The van der Waals surface area contributed by atoms with E-state index in [9.17, 15) is 4.79 Å². The summed E-state index contributed by atoms with van der Waals surface area (Å²) in [5.41, 5.74) is 6.20. The van der Waals surface area contributed by atoms with Gasteiger partial charge in [-0.05, 0) is 31.4 Å². The van der Waals surface area contributed by atoms with Gasteiger partial charge in [-0.3, -0.25) is 10.3 Å². The number of nitrogens with two attached hydrogens (primary N) is 1. The minimum absolute atomic E-state index is 0.0647. The Labute approximate surface area is 99.3 Å². The maximum atomic E-state index is 11.4. The molecule has 0 saturated heterocycles. The Bertz CT molecular complexity index is 413. The molecular weight excluding hydrogens is 218 g/mol. The van der Waals surface area contributed by atoms with Crippen molar-refractivity contribution in [1.82, 2.24) is 15.6 Å². The zero-order valence-electron chi connectivity index (χ0n) is 9.39. The van der Waals surface area contributed by atoms with Gasteiger partial charge in [-0.15, -0.1) is 0 Å². The second-order valence-electron chi connectivity index (χ2n) is 3.93. The van der Waals surface area contributed by atoms with Crippen molar-refractivity contribution >= 4 is 17.7 Å². The van der Waals surface area contributed by atoms with Crippen LogP contribution in [-0.2, 0) is 0 Å². The number of aromatic nitrogens is 1. The summed E-state index contributed by atoms with van der Waals surface area (Å²) in [6.45, 7) is 0. The van der Waals surface area contributed by atoms with Crippen LogP contribution in [-0.4, -0.2) is 23.0 Å². The van der Waals surface area contributed by atoms with E-state index in [2.05, 4.69) is 20.6 Å². The molecule has 0 radical (unpaired) electrons. The third-order valence-corrected chi connectivity index (χ3v) is 2.58. The molecule has 0 atom stereocenters. The average Bonchev–Trinajstić information content (AvgIpc) is 2.25. The summed E-state index contributed by atoms with van der Waals surface area (Å²) < 4.78 is 0. The van der Waals surface area contributed by atoms with Gasteiger partial charge in [0.25, 0.3) is 0 Å². The number of hydrogen-bond donors (Lipinski definition) is 3. The second-order valence-corrected chi connectivity index (χ2v) is 3.93. The van der Waals surface area contributed by atoms with Gasteiger partial charge in [-0.1, -0.05) is 0 Å². The normalized spacial score (nSPS) is 16.1. The molecule has 0 spiro atoms. The van der Waals surface area contributed by atoms with E-state index >= 15 is 0 Å². The number of carbonyl (C=O) groups is 1. The van der Waals surface area contributed by atoms with Crippen LogP contribution in [0.5, 0.6) is 0 Å². The summed E-state index contributed by atoms with van der Waals surface area (Å²) in [5, 5.41) is 5.28. The molecule has 2 rings (SSSR count). The highest BCUT2D eigenvalue weighted by molar-refractivity contribution is 5.96. The van der Waals surface area contributed by atoms with Gasteiger partial charge in [0.1, 0.15) is 0 Å². The molecule has 1 aromatic heterocycles. The average molecular weight is 233 g/mol. The number of amides is 2. The zero-order chi connectivity index (χ0) is 12.1. The minimum Gasteiger partial charge on any atom is -0.369 e. The first kappa shape index (κ1) is 11.4. The molecule has 2 amide bonds. The van der Waals surface area contributed by atoms with Gasteiger partial charge >= 0.3 is 6.03 Å². The van der Waals surface area contributed by atoms with Crippen LogP contribution in [0.25, 0.3) is 0 Å². The molecule has 0 bridgehead atoms. The van der Waals surface area contributed by atoms with Crippen LogP contribution in [0.4, 0.5) is 10.5 Å². The molecule has 1 aliphatic carbocycles. The third kappa shape index (κ3) is 3.44. The molecule has 6 heteroatoms. The van der Waals surface area contributed by atoms with E-state index in [1.165, 1.54) is 6.42 Å². The zero-order valence-corrected chi connectivity index (χ0v) is 9.39. The van der Waals surface area contributed by atoms with Crippen molar-refractivity contribution < 1.29 is 4.79 Å². The Morgan fingerprint density at radius 3 is 2.94 bits per heavy atom. The Kier molecular flexibility index (Phi) is 3.54. The molecule has 1 aliphatic rings. The van der Waals surface area contributed by atoms with Crippen LogP contribution in [0.3, 0.4) is 0 Å². The fourth-order valence-corrected chi connectivity index (χ4v) is 1.48. The van der Waals surface area contributed by atoms with Crippen LogP contribution in [0.2, 0.25) is 0 Å². The largest absolute Gasteiger partial charge is 0.369 e. The Balaban J connectivity index is 1.85. The smallest absolute Gasteiger partial charge is 0.321 e. The van der Waals surface area contributed by atoms with Crippen LogP contribution < -0.4 is 16.4 Å². The molecule has 0 aromatic carbocycles. The first-order valence-corrected chi connectivity index (χ1v) is 5.56. The van der Waals surface area contributed by atoms with Crippen LogP contribution in [0.15, 0.2) is 29.5 Å². The van der Waals surface area contributed by atoms with Crippen molar-refractivity contribution in [2.75, 3.05) is 0 Å². The summed E-state index contributed by atoms with van der Waals surface area (Å²) in [6.07, 6.45) is 6.45. The SMILES string of the molecule is NC(=Nc1cccnc1)NC(=O)NC1CCC1. The van der Waals surface area contributed by atoms with Crippen molar-refractivity contribution in [2.45, 2.75) is 25.3 Å². The fourth-order valence-electron chi connectivity index (χ4n) is 1.48. The lowest BCUT2D eigenvalue weighted by Crippen LogP contribution is -2.49. The predicted octanol–water partition coefficient (Wildman–Crippen LogP) is 0.879. The molecular formula is C11H15N5O. The number of urea groups is 1. The van der Waals surface area contributed by atoms with Crippen molar-refractivity contribution in [3.8, 4) is 0 Å². The lowest BCUT2D eigenvalue weighted by molar-refractivity contribution is 0.233. The van der Waals surface area contributed by atoms with E-state index in [-0.39, 0.29) is 18.0 Å². The molecule has 6 nitrogen and oxygen atoms in total. The predicted molar refractivity (Wildman–Crippen MR) is 64.8 cm³/mol. The lowest BCUT2D eigenvalue weighted by atomic mass is 9.93. The molecule has 0 aliphatic heterocycles. The van der Waals surface area contributed by atoms with E-state index < -0.39 is 0 Å². The first-order chi connectivity index (χ1) is 8.24. The van der Waals surface area contributed by atoms with Gasteiger partial charge in [0.05, 0.1) is 11.9 Å². The highest BCUT2D eigenvalue weighted by atomic mass is 16.2. The van der Waals surface area contributed by atoms with Gasteiger partial charge in [0.15, 0.2) is 0 Å².